The molecule has 1 fully saturated rings. The first-order valence-corrected chi connectivity index (χ1v) is 8.87. The van der Waals surface area contributed by atoms with Crippen LogP contribution in [0.3, 0.4) is 0 Å². The number of fused-ring (bicyclic) bond motifs is 2. The van der Waals surface area contributed by atoms with Gasteiger partial charge in [0.2, 0.25) is 0 Å². The van der Waals surface area contributed by atoms with Gasteiger partial charge in [0, 0.05) is 7.11 Å². The van der Waals surface area contributed by atoms with Gasteiger partial charge in [-0.15, -0.1) is 0 Å². The van der Waals surface area contributed by atoms with E-state index in [-0.39, 0.29) is 18.6 Å². The lowest BCUT2D eigenvalue weighted by molar-refractivity contribution is 0.0842. The molecule has 5 nitrogen and oxygen atoms in total. The summed E-state index contributed by atoms with van der Waals surface area (Å²) >= 11 is 0. The van der Waals surface area contributed by atoms with Crippen molar-refractivity contribution in [1.82, 2.24) is 0 Å². The molecule has 2 aliphatic heterocycles. The van der Waals surface area contributed by atoms with Crippen molar-refractivity contribution in [2.75, 3.05) is 7.11 Å². The molecule has 2 heterocycles. The maximum absolute atomic E-state index is 6.05. The van der Waals surface area contributed by atoms with Gasteiger partial charge in [-0.3, -0.25) is 0 Å². The average Bonchev–Trinajstić information content (AvgIpc) is 2.91. The monoisotopic (exact) mass is 352 g/mol. The minimum absolute atomic E-state index is 0.00493. The fraction of sp³-hybridized carbons (Fsp3) is 0.368. The third-order valence-corrected chi connectivity index (χ3v) is 5.19. The first-order chi connectivity index (χ1) is 12.4. The average molecular weight is 352 g/mol. The van der Waals surface area contributed by atoms with Crippen LogP contribution in [0.15, 0.2) is 36.4 Å². The Balaban J connectivity index is 1.59. The van der Waals surface area contributed by atoms with Gasteiger partial charge in [-0.05, 0) is 56.0 Å². The van der Waals surface area contributed by atoms with Crippen molar-refractivity contribution < 1.29 is 23.4 Å². The maximum Gasteiger partial charge on any atom is 0.494 e. The molecule has 4 rings (SSSR count). The van der Waals surface area contributed by atoms with Crippen LogP contribution in [0.2, 0.25) is 6.82 Å². The second-order valence-corrected chi connectivity index (χ2v) is 7.33. The molecular weight excluding hydrogens is 330 g/mol. The molecule has 2 aromatic carbocycles. The van der Waals surface area contributed by atoms with Crippen LogP contribution in [0.1, 0.15) is 20.8 Å². The number of hydrogen-bond donors (Lipinski definition) is 0. The minimum Gasteiger partial charge on any atom is -0.450 e. The molecule has 26 heavy (non-hydrogen) atoms. The summed E-state index contributed by atoms with van der Waals surface area (Å²) in [6, 6.07) is 11.6. The van der Waals surface area contributed by atoms with E-state index in [1.807, 2.05) is 64.0 Å². The lowest BCUT2D eigenvalue weighted by Crippen LogP contribution is -2.34. The van der Waals surface area contributed by atoms with Crippen LogP contribution in [0.4, 0.5) is 0 Å². The fourth-order valence-corrected chi connectivity index (χ4v) is 3.05. The lowest BCUT2D eigenvalue weighted by atomic mass is 9.64. The van der Waals surface area contributed by atoms with Crippen molar-refractivity contribution in [2.24, 2.45) is 0 Å². The molecule has 0 amide bonds. The molecule has 0 spiro atoms. The Kier molecular flexibility index (Phi) is 4.26. The molecule has 0 aromatic heterocycles. The maximum atomic E-state index is 6.05. The molecule has 0 aliphatic carbocycles. The first-order valence-electron chi connectivity index (χ1n) is 8.87. The van der Waals surface area contributed by atoms with Crippen molar-refractivity contribution in [3.8, 4) is 23.0 Å². The number of hydrogen-bond acceptors (Lipinski definition) is 5. The lowest BCUT2D eigenvalue weighted by Gasteiger charge is -2.23. The zero-order chi connectivity index (χ0) is 18.5. The standard InChI is InChI=1S/C19H22B2O5/c1-12-19(2,3)26-21(25-12)14-7-9-16-18(11-14)24-15-8-6-13(20(4)22-5)10-17(15)23-16/h6-12H,1-5H3. The van der Waals surface area contributed by atoms with Crippen LogP contribution >= 0.6 is 0 Å². The number of rotatable bonds is 3. The smallest absolute Gasteiger partial charge is 0.450 e. The van der Waals surface area contributed by atoms with Crippen LogP contribution in [-0.2, 0) is 14.0 Å². The molecule has 0 N–H and O–H groups in total. The topological polar surface area (TPSA) is 46.2 Å². The Hall–Kier alpha value is -1.95. The summed E-state index contributed by atoms with van der Waals surface area (Å²) < 4.78 is 29.4. The molecule has 0 radical (unpaired) electrons. The summed E-state index contributed by atoms with van der Waals surface area (Å²) in [6.45, 7) is 8.08. The molecule has 1 saturated heterocycles. The highest BCUT2D eigenvalue weighted by atomic mass is 16.7. The van der Waals surface area contributed by atoms with Gasteiger partial charge in [-0.2, -0.15) is 0 Å². The van der Waals surface area contributed by atoms with Crippen LogP contribution < -0.4 is 20.4 Å². The van der Waals surface area contributed by atoms with Gasteiger partial charge in [0.1, 0.15) is 0 Å². The predicted molar refractivity (Wildman–Crippen MR) is 102 cm³/mol. The summed E-state index contributed by atoms with van der Waals surface area (Å²) in [5.41, 5.74) is 1.63. The molecular formula is C19H22B2O5. The van der Waals surface area contributed by atoms with E-state index in [2.05, 4.69) is 0 Å². The van der Waals surface area contributed by atoms with E-state index in [9.17, 15) is 0 Å². The van der Waals surface area contributed by atoms with Gasteiger partial charge in [-0.25, -0.2) is 0 Å². The van der Waals surface area contributed by atoms with Gasteiger partial charge in [0.15, 0.2) is 23.0 Å². The molecule has 0 bridgehead atoms. The fourth-order valence-electron chi connectivity index (χ4n) is 3.05. The molecule has 2 aromatic rings. The number of benzene rings is 2. The highest BCUT2D eigenvalue weighted by Crippen LogP contribution is 2.44. The summed E-state index contributed by atoms with van der Waals surface area (Å²) in [6.07, 6.45) is 0.0163. The summed E-state index contributed by atoms with van der Waals surface area (Å²) in [7, 11) is 1.29. The van der Waals surface area contributed by atoms with Crippen LogP contribution in [-0.4, -0.2) is 32.8 Å². The predicted octanol–water partition coefficient (Wildman–Crippen LogP) is 2.97. The van der Waals surface area contributed by atoms with Crippen molar-refractivity contribution in [2.45, 2.75) is 39.3 Å². The zero-order valence-electron chi connectivity index (χ0n) is 15.7. The van der Waals surface area contributed by atoms with Crippen molar-refractivity contribution in [3.63, 3.8) is 0 Å². The largest absolute Gasteiger partial charge is 0.494 e. The normalized spacial score (nSPS) is 20.0. The van der Waals surface area contributed by atoms with Gasteiger partial charge >= 0.3 is 14.0 Å². The molecule has 1 atom stereocenters. The Labute approximate surface area is 154 Å². The van der Waals surface area contributed by atoms with Crippen LogP contribution in [0, 0.1) is 0 Å². The van der Waals surface area contributed by atoms with Gasteiger partial charge in [0.25, 0.3) is 0 Å². The van der Waals surface area contributed by atoms with Crippen molar-refractivity contribution in [3.05, 3.63) is 36.4 Å². The third kappa shape index (κ3) is 3.00. The Morgan fingerprint density at radius 1 is 1.00 bits per heavy atom. The van der Waals surface area contributed by atoms with E-state index >= 15 is 0 Å². The van der Waals surface area contributed by atoms with Crippen molar-refractivity contribution >= 4 is 25.0 Å². The van der Waals surface area contributed by atoms with Gasteiger partial charge in [0.05, 0.1) is 11.7 Å². The molecule has 0 saturated carbocycles. The van der Waals surface area contributed by atoms with E-state index in [4.69, 9.17) is 23.4 Å². The van der Waals surface area contributed by atoms with E-state index in [1.165, 1.54) is 0 Å². The Morgan fingerprint density at radius 3 is 2.27 bits per heavy atom. The van der Waals surface area contributed by atoms with Gasteiger partial charge < -0.3 is 23.4 Å². The minimum atomic E-state index is -0.403. The van der Waals surface area contributed by atoms with E-state index in [0.717, 1.165) is 10.9 Å². The zero-order valence-corrected chi connectivity index (χ0v) is 15.7. The highest BCUT2D eigenvalue weighted by molar-refractivity contribution is 6.66. The summed E-state index contributed by atoms with van der Waals surface area (Å²) in [5, 5.41) is 0. The summed E-state index contributed by atoms with van der Waals surface area (Å²) in [5.74, 6) is 2.71. The third-order valence-electron chi connectivity index (χ3n) is 5.19. The van der Waals surface area contributed by atoms with E-state index < -0.39 is 7.12 Å². The summed E-state index contributed by atoms with van der Waals surface area (Å²) in [4.78, 5) is 0. The first kappa shape index (κ1) is 17.5. The SMILES string of the molecule is COB(C)c1ccc2c(c1)Oc1ccc(B3OC(C)C(C)(C)O3)cc1O2. The molecule has 7 heteroatoms. The van der Waals surface area contributed by atoms with E-state index in [0.29, 0.717) is 23.0 Å². The molecule has 134 valence electrons. The van der Waals surface area contributed by atoms with E-state index in [1.54, 1.807) is 7.11 Å². The van der Waals surface area contributed by atoms with Gasteiger partial charge in [-0.1, -0.05) is 19.0 Å². The van der Waals surface area contributed by atoms with Crippen LogP contribution in [0.25, 0.3) is 0 Å². The number of ether oxygens (including phenoxy) is 2. The van der Waals surface area contributed by atoms with Crippen LogP contribution in [0.5, 0.6) is 23.0 Å². The molecule has 2 aliphatic rings. The Bertz CT molecular complexity index is 839. The highest BCUT2D eigenvalue weighted by Gasteiger charge is 2.44. The van der Waals surface area contributed by atoms with Crippen molar-refractivity contribution in [1.29, 1.82) is 0 Å². The second-order valence-electron chi connectivity index (χ2n) is 7.33. The molecule has 1 unspecified atom stereocenters. The second kappa shape index (κ2) is 6.34. The quantitative estimate of drug-likeness (QED) is 0.679. The Morgan fingerprint density at radius 2 is 1.65 bits per heavy atom.